The summed E-state index contributed by atoms with van der Waals surface area (Å²) in [5.74, 6) is -0.756. The van der Waals surface area contributed by atoms with Crippen molar-refractivity contribution in [1.82, 2.24) is 10.2 Å². The van der Waals surface area contributed by atoms with E-state index in [0.29, 0.717) is 18.4 Å². The van der Waals surface area contributed by atoms with Crippen LogP contribution in [0.4, 0.5) is 9.18 Å². The van der Waals surface area contributed by atoms with Gasteiger partial charge in [0.1, 0.15) is 11.9 Å². The number of benzene rings is 2. The molecule has 0 unspecified atom stereocenters. The van der Waals surface area contributed by atoms with E-state index in [1.807, 2.05) is 30.3 Å². The number of aliphatic hydroxyl groups excluding tert-OH is 1. The molecular weight excluding hydrogens is 323 g/mol. The van der Waals surface area contributed by atoms with Crippen molar-refractivity contribution in [3.05, 3.63) is 71.5 Å². The molecular formula is C19H19FN2O3. The Hall–Kier alpha value is -2.73. The van der Waals surface area contributed by atoms with Crippen molar-refractivity contribution in [2.75, 3.05) is 6.54 Å². The van der Waals surface area contributed by atoms with Gasteiger partial charge in [-0.25, -0.2) is 9.18 Å². The molecule has 130 valence electrons. The summed E-state index contributed by atoms with van der Waals surface area (Å²) in [4.78, 5) is 25.5. The standard InChI is InChI=1S/C19H19FN2O3/c20-15-9-7-14(8-10-15)17(23)12-22-18(24)16(21-19(22)25)11-6-13-4-2-1-3-5-13/h1-5,7-10,16-17,23H,6,11-12H2,(H,21,25)/t16-,17+/m0/s1. The maximum absolute atomic E-state index is 12.9. The van der Waals surface area contributed by atoms with Crippen LogP contribution in [0, 0.1) is 5.82 Å². The minimum absolute atomic E-state index is 0.155. The predicted octanol–water partition coefficient (Wildman–Crippen LogP) is 2.41. The first-order valence-corrected chi connectivity index (χ1v) is 8.14. The maximum atomic E-state index is 12.9. The van der Waals surface area contributed by atoms with Gasteiger partial charge in [-0.15, -0.1) is 0 Å². The number of urea groups is 1. The number of β-amino-alcohol motifs (C(OH)–C–C–N with tert-alkyl or cyclic N) is 1. The van der Waals surface area contributed by atoms with Crippen LogP contribution in [0.25, 0.3) is 0 Å². The fourth-order valence-corrected chi connectivity index (χ4v) is 2.86. The van der Waals surface area contributed by atoms with E-state index in [2.05, 4.69) is 5.32 Å². The van der Waals surface area contributed by atoms with Gasteiger partial charge in [0.15, 0.2) is 0 Å². The number of halogens is 1. The smallest absolute Gasteiger partial charge is 0.324 e. The van der Waals surface area contributed by atoms with Crippen molar-refractivity contribution in [2.45, 2.75) is 25.0 Å². The Kier molecular flexibility index (Phi) is 5.09. The molecule has 0 aliphatic carbocycles. The first-order valence-electron chi connectivity index (χ1n) is 8.14. The molecule has 2 N–H and O–H groups in total. The van der Waals surface area contributed by atoms with Crippen molar-refractivity contribution < 1.29 is 19.1 Å². The van der Waals surface area contributed by atoms with Crippen molar-refractivity contribution >= 4 is 11.9 Å². The number of amides is 3. The van der Waals surface area contributed by atoms with Gasteiger partial charge in [-0.3, -0.25) is 9.69 Å². The summed E-state index contributed by atoms with van der Waals surface area (Å²) >= 11 is 0. The summed E-state index contributed by atoms with van der Waals surface area (Å²) in [6, 6.07) is 13.9. The molecule has 1 fully saturated rings. The lowest BCUT2D eigenvalue weighted by atomic mass is 10.0. The van der Waals surface area contributed by atoms with Gasteiger partial charge < -0.3 is 10.4 Å². The molecule has 2 aromatic rings. The maximum Gasteiger partial charge on any atom is 0.324 e. The Labute approximate surface area is 145 Å². The first-order chi connectivity index (χ1) is 12.0. The first kappa shape index (κ1) is 17.1. The topological polar surface area (TPSA) is 69.6 Å². The lowest BCUT2D eigenvalue weighted by Crippen LogP contribution is -2.35. The molecule has 6 heteroatoms. The Balaban J connectivity index is 1.60. The normalized spacial score (nSPS) is 18.3. The summed E-state index contributed by atoms with van der Waals surface area (Å²) in [5.41, 5.74) is 1.55. The van der Waals surface area contributed by atoms with Gasteiger partial charge in [0, 0.05) is 0 Å². The SMILES string of the molecule is O=C1N[C@@H](CCc2ccccc2)C(=O)N1C[C@@H](O)c1ccc(F)cc1. The Bertz CT molecular complexity index is 749. The molecule has 1 heterocycles. The Morgan fingerprint density at radius 2 is 1.76 bits per heavy atom. The fourth-order valence-electron chi connectivity index (χ4n) is 2.86. The summed E-state index contributed by atoms with van der Waals surface area (Å²) in [5, 5.41) is 12.9. The molecule has 0 spiro atoms. The van der Waals surface area contributed by atoms with Crippen molar-refractivity contribution in [1.29, 1.82) is 0 Å². The number of imide groups is 1. The molecule has 2 atom stereocenters. The monoisotopic (exact) mass is 342 g/mol. The highest BCUT2D eigenvalue weighted by Gasteiger charge is 2.38. The van der Waals surface area contributed by atoms with E-state index >= 15 is 0 Å². The van der Waals surface area contributed by atoms with Crippen molar-refractivity contribution in [3.63, 3.8) is 0 Å². The van der Waals surface area contributed by atoms with E-state index in [4.69, 9.17) is 0 Å². The van der Waals surface area contributed by atoms with Gasteiger partial charge in [0.05, 0.1) is 12.6 Å². The van der Waals surface area contributed by atoms with E-state index in [1.54, 1.807) is 0 Å². The fraction of sp³-hybridized carbons (Fsp3) is 0.263. The van der Waals surface area contributed by atoms with Gasteiger partial charge in [-0.2, -0.15) is 0 Å². The number of nitrogens with one attached hydrogen (secondary N) is 1. The van der Waals surface area contributed by atoms with Crippen LogP contribution >= 0.6 is 0 Å². The van der Waals surface area contributed by atoms with E-state index in [0.717, 1.165) is 10.5 Å². The molecule has 3 amide bonds. The minimum Gasteiger partial charge on any atom is -0.387 e. The van der Waals surface area contributed by atoms with Crippen LogP contribution in [0.15, 0.2) is 54.6 Å². The van der Waals surface area contributed by atoms with E-state index in [9.17, 15) is 19.1 Å². The van der Waals surface area contributed by atoms with Crippen LogP contribution in [-0.2, 0) is 11.2 Å². The number of aliphatic hydroxyl groups is 1. The molecule has 1 aliphatic heterocycles. The van der Waals surface area contributed by atoms with Crippen LogP contribution in [0.3, 0.4) is 0 Å². The van der Waals surface area contributed by atoms with Crippen LogP contribution in [0.2, 0.25) is 0 Å². The van der Waals surface area contributed by atoms with E-state index < -0.39 is 24.0 Å². The lowest BCUT2D eigenvalue weighted by molar-refractivity contribution is -0.128. The van der Waals surface area contributed by atoms with Crippen molar-refractivity contribution in [2.24, 2.45) is 0 Å². The van der Waals surface area contributed by atoms with Gasteiger partial charge in [0.2, 0.25) is 0 Å². The van der Waals surface area contributed by atoms with E-state index in [1.165, 1.54) is 24.3 Å². The molecule has 5 nitrogen and oxygen atoms in total. The third-order valence-corrected chi connectivity index (χ3v) is 4.28. The van der Waals surface area contributed by atoms with Gasteiger partial charge in [-0.05, 0) is 36.1 Å². The highest BCUT2D eigenvalue weighted by Crippen LogP contribution is 2.19. The largest absolute Gasteiger partial charge is 0.387 e. The third-order valence-electron chi connectivity index (χ3n) is 4.28. The number of hydrogen-bond donors (Lipinski definition) is 2. The Morgan fingerprint density at radius 1 is 1.08 bits per heavy atom. The highest BCUT2D eigenvalue weighted by molar-refractivity contribution is 6.04. The zero-order valence-electron chi connectivity index (χ0n) is 13.6. The van der Waals surface area contributed by atoms with Crippen LogP contribution in [0.1, 0.15) is 23.7 Å². The van der Waals surface area contributed by atoms with Gasteiger partial charge in [0.25, 0.3) is 5.91 Å². The molecule has 1 aliphatic rings. The number of aryl methyl sites for hydroxylation is 1. The number of carbonyl (C=O) groups excluding carboxylic acids is 2. The average Bonchev–Trinajstić information content (AvgIpc) is 2.89. The highest BCUT2D eigenvalue weighted by atomic mass is 19.1. The van der Waals surface area contributed by atoms with Crippen LogP contribution in [0.5, 0.6) is 0 Å². The molecule has 1 saturated heterocycles. The van der Waals surface area contributed by atoms with Crippen molar-refractivity contribution in [3.8, 4) is 0 Å². The summed E-state index contributed by atoms with van der Waals surface area (Å²) in [6.45, 7) is -0.155. The second kappa shape index (κ2) is 7.44. The molecule has 0 aromatic heterocycles. The zero-order valence-corrected chi connectivity index (χ0v) is 13.6. The predicted molar refractivity (Wildman–Crippen MR) is 90.2 cm³/mol. The van der Waals surface area contributed by atoms with Gasteiger partial charge in [-0.1, -0.05) is 42.5 Å². The van der Waals surface area contributed by atoms with E-state index in [-0.39, 0.29) is 12.5 Å². The van der Waals surface area contributed by atoms with Crippen LogP contribution < -0.4 is 5.32 Å². The summed E-state index contributed by atoms with van der Waals surface area (Å²) in [6.07, 6.45) is 0.118. The molecule has 2 aromatic carbocycles. The second-order valence-electron chi connectivity index (χ2n) is 6.04. The van der Waals surface area contributed by atoms with Crippen LogP contribution in [-0.4, -0.2) is 34.5 Å². The molecule has 0 bridgehead atoms. The molecule has 0 saturated carbocycles. The summed E-state index contributed by atoms with van der Waals surface area (Å²) < 4.78 is 12.9. The number of hydrogen-bond acceptors (Lipinski definition) is 3. The number of carbonyl (C=O) groups is 2. The molecule has 25 heavy (non-hydrogen) atoms. The zero-order chi connectivity index (χ0) is 17.8. The third kappa shape index (κ3) is 4.03. The summed E-state index contributed by atoms with van der Waals surface area (Å²) in [7, 11) is 0. The number of rotatable bonds is 6. The Morgan fingerprint density at radius 3 is 2.44 bits per heavy atom. The number of nitrogens with zero attached hydrogens (tertiary/aromatic N) is 1. The molecule has 0 radical (unpaired) electrons. The second-order valence-corrected chi connectivity index (χ2v) is 6.04. The lowest BCUT2D eigenvalue weighted by Gasteiger charge is -2.18. The average molecular weight is 342 g/mol. The molecule has 3 rings (SSSR count). The minimum atomic E-state index is -1.05. The quantitative estimate of drug-likeness (QED) is 0.792. The van der Waals surface area contributed by atoms with Gasteiger partial charge >= 0.3 is 6.03 Å².